The van der Waals surface area contributed by atoms with Crippen LogP contribution in [0.15, 0.2) is 42.6 Å². The van der Waals surface area contributed by atoms with Gasteiger partial charge in [-0.05, 0) is 23.8 Å². The van der Waals surface area contributed by atoms with Gasteiger partial charge in [0.15, 0.2) is 0 Å². The average Bonchev–Trinajstić information content (AvgIpc) is 2.45. The predicted octanol–water partition coefficient (Wildman–Crippen LogP) is 1.39. The van der Waals surface area contributed by atoms with Gasteiger partial charge in [0.05, 0.1) is 0 Å². The first-order valence-electron chi connectivity index (χ1n) is 6.59. The van der Waals surface area contributed by atoms with Gasteiger partial charge >= 0.3 is 5.97 Å². The molecule has 0 unspecified atom stereocenters. The number of hydrogen-bond donors (Lipinski definition) is 2. The molecule has 2 N–H and O–H groups in total. The summed E-state index contributed by atoms with van der Waals surface area (Å²) in [5, 5.41) is 5.06. The van der Waals surface area contributed by atoms with Gasteiger partial charge in [0, 0.05) is 20.4 Å². The Hall–Kier alpha value is -2.89. The highest BCUT2D eigenvalue weighted by Crippen LogP contribution is 2.14. The standard InChI is InChI=1S/C16H18N2O4/c1-4-9-17-16(21)15(18-11(2)19)10-13-5-7-14(8-6-13)22-12(3)20/h4-8,10H,1,9H2,2-3H3,(H,17,21)(H,18,19)/b15-10+. The van der Waals surface area contributed by atoms with Crippen molar-refractivity contribution in [2.45, 2.75) is 13.8 Å². The molecule has 0 fully saturated rings. The number of nitrogens with one attached hydrogen (secondary N) is 2. The van der Waals surface area contributed by atoms with E-state index in [0.29, 0.717) is 17.9 Å². The van der Waals surface area contributed by atoms with Gasteiger partial charge in [0.25, 0.3) is 5.91 Å². The molecule has 2 amide bonds. The van der Waals surface area contributed by atoms with Gasteiger partial charge in [-0.2, -0.15) is 0 Å². The molecule has 6 nitrogen and oxygen atoms in total. The van der Waals surface area contributed by atoms with E-state index in [4.69, 9.17) is 4.74 Å². The van der Waals surface area contributed by atoms with Crippen molar-refractivity contribution < 1.29 is 19.1 Å². The maximum atomic E-state index is 11.9. The molecule has 0 radical (unpaired) electrons. The maximum Gasteiger partial charge on any atom is 0.308 e. The van der Waals surface area contributed by atoms with Crippen LogP contribution in [-0.4, -0.2) is 24.3 Å². The van der Waals surface area contributed by atoms with Crippen LogP contribution in [0.5, 0.6) is 5.75 Å². The minimum absolute atomic E-state index is 0.120. The second-order valence-electron chi connectivity index (χ2n) is 4.40. The Bertz CT molecular complexity index is 603. The Morgan fingerprint density at radius 3 is 2.32 bits per heavy atom. The van der Waals surface area contributed by atoms with Gasteiger partial charge < -0.3 is 15.4 Å². The number of rotatable bonds is 6. The summed E-state index contributed by atoms with van der Waals surface area (Å²) in [5.41, 5.74) is 0.794. The number of ether oxygens (including phenoxy) is 1. The van der Waals surface area contributed by atoms with Crippen LogP contribution in [0.1, 0.15) is 19.4 Å². The molecule has 1 aromatic carbocycles. The Labute approximate surface area is 128 Å². The second kappa shape index (κ2) is 8.41. The predicted molar refractivity (Wildman–Crippen MR) is 82.8 cm³/mol. The first kappa shape index (κ1) is 17.2. The van der Waals surface area contributed by atoms with Crippen molar-refractivity contribution in [1.82, 2.24) is 10.6 Å². The quantitative estimate of drug-likeness (QED) is 0.360. The van der Waals surface area contributed by atoms with E-state index in [1.807, 2.05) is 0 Å². The largest absolute Gasteiger partial charge is 0.427 e. The summed E-state index contributed by atoms with van der Waals surface area (Å²) in [4.78, 5) is 34.0. The molecule has 6 heteroatoms. The smallest absolute Gasteiger partial charge is 0.308 e. The van der Waals surface area contributed by atoms with Crippen molar-refractivity contribution in [2.75, 3.05) is 6.54 Å². The Morgan fingerprint density at radius 2 is 1.82 bits per heavy atom. The fourth-order valence-corrected chi connectivity index (χ4v) is 1.57. The summed E-state index contributed by atoms with van der Waals surface area (Å²) in [6.07, 6.45) is 3.06. The Kier molecular flexibility index (Phi) is 6.56. The highest BCUT2D eigenvalue weighted by Gasteiger charge is 2.10. The zero-order valence-electron chi connectivity index (χ0n) is 12.5. The molecule has 0 aromatic heterocycles. The van der Waals surface area contributed by atoms with Crippen LogP contribution in [0.2, 0.25) is 0 Å². The van der Waals surface area contributed by atoms with E-state index in [0.717, 1.165) is 0 Å². The molecular weight excluding hydrogens is 284 g/mol. The number of carbonyl (C=O) groups excluding carboxylic acids is 3. The number of hydrogen-bond acceptors (Lipinski definition) is 4. The lowest BCUT2D eigenvalue weighted by Gasteiger charge is -2.08. The van der Waals surface area contributed by atoms with Crippen molar-refractivity contribution >= 4 is 23.9 Å². The molecule has 0 bridgehead atoms. The molecule has 0 saturated heterocycles. The zero-order chi connectivity index (χ0) is 16.5. The normalized spacial score (nSPS) is 10.5. The van der Waals surface area contributed by atoms with Crippen molar-refractivity contribution in [1.29, 1.82) is 0 Å². The monoisotopic (exact) mass is 302 g/mol. The van der Waals surface area contributed by atoms with E-state index < -0.39 is 11.9 Å². The molecule has 1 rings (SSSR count). The van der Waals surface area contributed by atoms with E-state index in [9.17, 15) is 14.4 Å². The number of carbonyl (C=O) groups is 3. The van der Waals surface area contributed by atoms with E-state index in [1.54, 1.807) is 24.3 Å². The van der Waals surface area contributed by atoms with Gasteiger partial charge in [-0.3, -0.25) is 14.4 Å². The van der Waals surface area contributed by atoms with Gasteiger partial charge in [0.2, 0.25) is 5.91 Å². The van der Waals surface area contributed by atoms with Crippen LogP contribution in [0.3, 0.4) is 0 Å². The average molecular weight is 302 g/mol. The highest BCUT2D eigenvalue weighted by atomic mass is 16.5. The van der Waals surface area contributed by atoms with Crippen LogP contribution < -0.4 is 15.4 Å². The fourth-order valence-electron chi connectivity index (χ4n) is 1.57. The van der Waals surface area contributed by atoms with Crippen molar-refractivity contribution in [3.8, 4) is 5.75 Å². The zero-order valence-corrected chi connectivity index (χ0v) is 12.5. The first-order valence-corrected chi connectivity index (χ1v) is 6.59. The van der Waals surface area contributed by atoms with Gasteiger partial charge in [-0.25, -0.2) is 0 Å². The van der Waals surface area contributed by atoms with Crippen LogP contribution in [0.4, 0.5) is 0 Å². The van der Waals surface area contributed by atoms with Crippen LogP contribution in [0, 0.1) is 0 Å². The molecule has 0 aliphatic carbocycles. The molecule has 0 aliphatic heterocycles. The summed E-state index contributed by atoms with van der Waals surface area (Å²) >= 11 is 0. The van der Waals surface area contributed by atoms with Gasteiger partial charge in [0.1, 0.15) is 11.4 Å². The molecule has 22 heavy (non-hydrogen) atoms. The van der Waals surface area contributed by atoms with Gasteiger partial charge in [-0.15, -0.1) is 6.58 Å². The fraction of sp³-hybridized carbons (Fsp3) is 0.188. The summed E-state index contributed by atoms with van der Waals surface area (Å²) in [6.45, 7) is 6.43. The van der Waals surface area contributed by atoms with Crippen LogP contribution in [-0.2, 0) is 14.4 Å². The molecule has 0 saturated carbocycles. The van der Waals surface area contributed by atoms with E-state index in [-0.39, 0.29) is 11.6 Å². The minimum atomic E-state index is -0.417. The summed E-state index contributed by atoms with van der Waals surface area (Å²) in [5.74, 6) is -0.774. The van der Waals surface area contributed by atoms with Crippen molar-refractivity contribution in [3.63, 3.8) is 0 Å². The lowest BCUT2D eigenvalue weighted by molar-refractivity contribution is -0.131. The third-order valence-electron chi connectivity index (χ3n) is 2.41. The third-order valence-corrected chi connectivity index (χ3v) is 2.41. The molecular formula is C16H18N2O4. The SMILES string of the molecule is C=CCNC(=O)/C(=C\c1ccc(OC(C)=O)cc1)NC(C)=O. The lowest BCUT2D eigenvalue weighted by atomic mass is 10.1. The van der Waals surface area contributed by atoms with E-state index in [1.165, 1.54) is 26.0 Å². The summed E-state index contributed by atoms with van der Waals surface area (Å²) in [6, 6.07) is 6.53. The topological polar surface area (TPSA) is 84.5 Å². The van der Waals surface area contributed by atoms with E-state index in [2.05, 4.69) is 17.2 Å². The van der Waals surface area contributed by atoms with Gasteiger partial charge in [-0.1, -0.05) is 18.2 Å². The molecule has 0 spiro atoms. The van der Waals surface area contributed by atoms with Crippen LogP contribution >= 0.6 is 0 Å². The maximum absolute atomic E-state index is 11.9. The molecule has 0 heterocycles. The van der Waals surface area contributed by atoms with Crippen LogP contribution in [0.25, 0.3) is 6.08 Å². The van der Waals surface area contributed by atoms with E-state index >= 15 is 0 Å². The summed E-state index contributed by atoms with van der Waals surface area (Å²) in [7, 11) is 0. The number of amides is 2. The molecule has 1 aromatic rings. The van der Waals surface area contributed by atoms with Crippen molar-refractivity contribution in [3.05, 3.63) is 48.2 Å². The third kappa shape index (κ3) is 6.04. The Balaban J connectivity index is 2.94. The number of esters is 1. The summed E-state index contributed by atoms with van der Waals surface area (Å²) < 4.78 is 4.92. The molecule has 0 aliphatic rings. The second-order valence-corrected chi connectivity index (χ2v) is 4.40. The molecule has 0 atom stereocenters. The lowest BCUT2D eigenvalue weighted by Crippen LogP contribution is -2.33. The first-order chi connectivity index (χ1) is 10.4. The van der Waals surface area contributed by atoms with Crippen molar-refractivity contribution in [2.24, 2.45) is 0 Å². The number of benzene rings is 1. The highest BCUT2D eigenvalue weighted by molar-refractivity contribution is 6.00. The molecule has 116 valence electrons. The minimum Gasteiger partial charge on any atom is -0.427 e. The Morgan fingerprint density at radius 1 is 1.18 bits per heavy atom.